The maximum absolute atomic E-state index is 12.3. The van der Waals surface area contributed by atoms with Gasteiger partial charge >= 0.3 is 5.97 Å². The third-order valence-corrected chi connectivity index (χ3v) is 4.48. The van der Waals surface area contributed by atoms with Crippen LogP contribution in [0.25, 0.3) is 0 Å². The van der Waals surface area contributed by atoms with Crippen LogP contribution < -0.4 is 10.6 Å². The third-order valence-electron chi connectivity index (χ3n) is 4.48. The molecule has 0 spiro atoms. The zero-order valence-corrected chi connectivity index (χ0v) is 14.6. The maximum atomic E-state index is 12.3. The van der Waals surface area contributed by atoms with Gasteiger partial charge in [0.2, 0.25) is 0 Å². The van der Waals surface area contributed by atoms with Gasteiger partial charge in [-0.2, -0.15) is 0 Å². The van der Waals surface area contributed by atoms with Crippen molar-refractivity contribution in [3.63, 3.8) is 0 Å². The quantitative estimate of drug-likeness (QED) is 0.670. The zero-order chi connectivity index (χ0) is 17.6. The van der Waals surface area contributed by atoms with Gasteiger partial charge in [-0.1, -0.05) is 30.3 Å². The molecule has 0 aliphatic carbocycles. The summed E-state index contributed by atoms with van der Waals surface area (Å²) in [7, 11) is 0. The molecule has 1 fully saturated rings. The Hall–Kier alpha value is -2.53. The van der Waals surface area contributed by atoms with E-state index in [4.69, 9.17) is 10.5 Å². The van der Waals surface area contributed by atoms with Gasteiger partial charge in [-0.3, -0.25) is 4.90 Å². The SMILES string of the molecule is CCOC(=O)c1cc(N)ccc1N1CCN(Cc2ccccc2)CC1. The minimum Gasteiger partial charge on any atom is -0.462 e. The number of carbonyl (C=O) groups is 1. The molecule has 2 N–H and O–H groups in total. The van der Waals surface area contributed by atoms with E-state index >= 15 is 0 Å². The monoisotopic (exact) mass is 339 g/mol. The van der Waals surface area contributed by atoms with Crippen molar-refractivity contribution in [2.45, 2.75) is 13.5 Å². The van der Waals surface area contributed by atoms with Crippen LogP contribution in [0.4, 0.5) is 11.4 Å². The fourth-order valence-electron chi connectivity index (χ4n) is 3.19. The van der Waals surface area contributed by atoms with Gasteiger partial charge in [0.25, 0.3) is 0 Å². The van der Waals surface area contributed by atoms with E-state index in [2.05, 4.69) is 34.1 Å². The Kier molecular flexibility index (Phi) is 5.56. The fraction of sp³-hybridized carbons (Fsp3) is 0.350. The molecule has 25 heavy (non-hydrogen) atoms. The summed E-state index contributed by atoms with van der Waals surface area (Å²) >= 11 is 0. The summed E-state index contributed by atoms with van der Waals surface area (Å²) < 4.78 is 5.18. The number of esters is 1. The number of ether oxygens (including phenoxy) is 1. The molecular formula is C20H25N3O2. The molecule has 3 rings (SSSR count). The number of nitrogens with zero attached hydrogens (tertiary/aromatic N) is 2. The predicted molar refractivity (Wildman–Crippen MR) is 101 cm³/mol. The van der Waals surface area contributed by atoms with E-state index in [1.807, 2.05) is 25.1 Å². The van der Waals surface area contributed by atoms with Crippen LogP contribution in [0, 0.1) is 0 Å². The first-order valence-corrected chi connectivity index (χ1v) is 8.75. The van der Waals surface area contributed by atoms with Crippen LogP contribution >= 0.6 is 0 Å². The molecule has 1 aliphatic rings. The molecule has 2 aromatic carbocycles. The molecule has 0 amide bonds. The van der Waals surface area contributed by atoms with Gasteiger partial charge in [0.15, 0.2) is 0 Å². The molecule has 5 heteroatoms. The third kappa shape index (κ3) is 4.31. The van der Waals surface area contributed by atoms with Crippen LogP contribution in [-0.4, -0.2) is 43.7 Å². The predicted octanol–water partition coefficient (Wildman–Crippen LogP) is 2.77. The van der Waals surface area contributed by atoms with Gasteiger partial charge in [-0.25, -0.2) is 4.79 Å². The summed E-state index contributed by atoms with van der Waals surface area (Å²) in [5.74, 6) is -0.309. The second-order valence-electron chi connectivity index (χ2n) is 6.25. The largest absolute Gasteiger partial charge is 0.462 e. The lowest BCUT2D eigenvalue weighted by molar-refractivity contribution is 0.0527. The van der Waals surface area contributed by atoms with Crippen molar-refractivity contribution in [2.24, 2.45) is 0 Å². The number of hydrogen-bond acceptors (Lipinski definition) is 5. The highest BCUT2D eigenvalue weighted by molar-refractivity contribution is 5.97. The van der Waals surface area contributed by atoms with Gasteiger partial charge in [0.05, 0.1) is 17.9 Å². The van der Waals surface area contributed by atoms with E-state index in [-0.39, 0.29) is 5.97 Å². The Morgan fingerprint density at radius 1 is 1.08 bits per heavy atom. The van der Waals surface area contributed by atoms with Crippen molar-refractivity contribution in [1.82, 2.24) is 4.90 Å². The summed E-state index contributed by atoms with van der Waals surface area (Å²) in [4.78, 5) is 16.9. The highest BCUT2D eigenvalue weighted by Crippen LogP contribution is 2.25. The highest BCUT2D eigenvalue weighted by Gasteiger charge is 2.22. The van der Waals surface area contributed by atoms with Crippen LogP contribution in [0.5, 0.6) is 0 Å². The van der Waals surface area contributed by atoms with E-state index in [0.29, 0.717) is 17.9 Å². The van der Waals surface area contributed by atoms with Crippen molar-refractivity contribution >= 4 is 17.3 Å². The number of nitrogen functional groups attached to an aromatic ring is 1. The molecule has 1 heterocycles. The lowest BCUT2D eigenvalue weighted by Gasteiger charge is -2.36. The number of rotatable bonds is 5. The Labute approximate surface area is 149 Å². The fourth-order valence-corrected chi connectivity index (χ4v) is 3.19. The standard InChI is InChI=1S/C20H25N3O2/c1-2-25-20(24)18-14-17(21)8-9-19(18)23-12-10-22(11-13-23)15-16-6-4-3-5-7-16/h3-9,14H,2,10-13,15,21H2,1H3. The van der Waals surface area contributed by atoms with Gasteiger partial charge in [0.1, 0.15) is 0 Å². The number of carbonyl (C=O) groups excluding carboxylic acids is 1. The number of anilines is 2. The molecule has 2 aromatic rings. The molecule has 1 aliphatic heterocycles. The van der Waals surface area contributed by atoms with Gasteiger partial charge in [-0.15, -0.1) is 0 Å². The Morgan fingerprint density at radius 3 is 2.48 bits per heavy atom. The second-order valence-corrected chi connectivity index (χ2v) is 6.25. The Balaban J connectivity index is 1.67. The average molecular weight is 339 g/mol. The molecule has 132 valence electrons. The summed E-state index contributed by atoms with van der Waals surface area (Å²) in [6.45, 7) is 6.81. The van der Waals surface area contributed by atoms with Crippen LogP contribution in [-0.2, 0) is 11.3 Å². The van der Waals surface area contributed by atoms with Gasteiger partial charge in [-0.05, 0) is 30.7 Å². The zero-order valence-electron chi connectivity index (χ0n) is 14.6. The van der Waals surface area contributed by atoms with E-state index < -0.39 is 0 Å². The van der Waals surface area contributed by atoms with E-state index in [9.17, 15) is 4.79 Å². The van der Waals surface area contributed by atoms with Gasteiger partial charge in [0, 0.05) is 38.4 Å². The molecule has 0 aromatic heterocycles. The lowest BCUT2D eigenvalue weighted by Crippen LogP contribution is -2.46. The summed E-state index contributed by atoms with van der Waals surface area (Å²) in [5, 5.41) is 0. The van der Waals surface area contributed by atoms with Crippen molar-refractivity contribution in [3.8, 4) is 0 Å². The first-order valence-electron chi connectivity index (χ1n) is 8.75. The van der Waals surface area contributed by atoms with Crippen LogP contribution in [0.15, 0.2) is 48.5 Å². The number of piperazine rings is 1. The Morgan fingerprint density at radius 2 is 1.80 bits per heavy atom. The van der Waals surface area contributed by atoms with E-state index in [1.165, 1.54) is 5.56 Å². The summed E-state index contributed by atoms with van der Waals surface area (Å²) in [6.07, 6.45) is 0. The van der Waals surface area contributed by atoms with E-state index in [0.717, 1.165) is 38.4 Å². The maximum Gasteiger partial charge on any atom is 0.340 e. The second kappa shape index (κ2) is 8.03. The van der Waals surface area contributed by atoms with Crippen molar-refractivity contribution in [1.29, 1.82) is 0 Å². The van der Waals surface area contributed by atoms with E-state index in [1.54, 1.807) is 6.07 Å². The number of nitrogens with two attached hydrogens (primary N) is 1. The smallest absolute Gasteiger partial charge is 0.340 e. The average Bonchev–Trinajstić information content (AvgIpc) is 2.63. The normalized spacial score (nSPS) is 15.2. The van der Waals surface area contributed by atoms with Crippen molar-refractivity contribution in [2.75, 3.05) is 43.4 Å². The molecule has 0 saturated carbocycles. The lowest BCUT2D eigenvalue weighted by atomic mass is 10.1. The molecular weight excluding hydrogens is 314 g/mol. The first-order chi connectivity index (χ1) is 12.2. The van der Waals surface area contributed by atoms with Crippen LogP contribution in [0.1, 0.15) is 22.8 Å². The number of hydrogen-bond donors (Lipinski definition) is 1. The molecule has 0 atom stereocenters. The highest BCUT2D eigenvalue weighted by atomic mass is 16.5. The Bertz CT molecular complexity index is 710. The van der Waals surface area contributed by atoms with Gasteiger partial charge < -0.3 is 15.4 Å². The van der Waals surface area contributed by atoms with Crippen LogP contribution in [0.2, 0.25) is 0 Å². The first kappa shape index (κ1) is 17.3. The summed E-state index contributed by atoms with van der Waals surface area (Å²) in [5.41, 5.74) is 9.24. The van der Waals surface area contributed by atoms with Crippen molar-refractivity contribution in [3.05, 3.63) is 59.7 Å². The van der Waals surface area contributed by atoms with Crippen LogP contribution in [0.3, 0.4) is 0 Å². The summed E-state index contributed by atoms with van der Waals surface area (Å²) in [6, 6.07) is 16.0. The molecule has 1 saturated heterocycles. The van der Waals surface area contributed by atoms with Crippen molar-refractivity contribution < 1.29 is 9.53 Å². The molecule has 5 nitrogen and oxygen atoms in total. The number of benzene rings is 2. The molecule has 0 unspecified atom stereocenters. The topological polar surface area (TPSA) is 58.8 Å². The molecule has 0 bridgehead atoms. The molecule has 0 radical (unpaired) electrons. The minimum atomic E-state index is -0.309. The minimum absolute atomic E-state index is 0.309.